The molecule has 1 aromatic rings. The van der Waals surface area contributed by atoms with E-state index in [-0.39, 0.29) is 11.3 Å². The van der Waals surface area contributed by atoms with Gasteiger partial charge in [-0.2, -0.15) is 11.8 Å². The van der Waals surface area contributed by atoms with Crippen LogP contribution in [-0.2, 0) is 10.5 Å². The van der Waals surface area contributed by atoms with Crippen LogP contribution in [0.1, 0.15) is 15.9 Å². The minimum absolute atomic E-state index is 0.0219. The van der Waals surface area contributed by atoms with Crippen LogP contribution in [0.25, 0.3) is 0 Å². The van der Waals surface area contributed by atoms with E-state index in [9.17, 15) is 9.90 Å². The zero-order valence-electron chi connectivity index (χ0n) is 8.11. The van der Waals surface area contributed by atoms with E-state index in [2.05, 4.69) is 4.74 Å². The molecule has 14 heavy (non-hydrogen) atoms. The summed E-state index contributed by atoms with van der Waals surface area (Å²) < 4.78 is 4.54. The van der Waals surface area contributed by atoms with Crippen LogP contribution in [-0.4, -0.2) is 24.4 Å². The molecule has 0 spiro atoms. The average molecular weight is 212 g/mol. The number of hydrogen-bond donors (Lipinski definition) is 1. The SMILES string of the molecule is COC(=O)c1cccc(CSC)c1O. The lowest BCUT2D eigenvalue weighted by molar-refractivity contribution is 0.0597. The molecule has 0 unspecified atom stereocenters. The van der Waals surface area contributed by atoms with E-state index < -0.39 is 5.97 Å². The van der Waals surface area contributed by atoms with Crippen molar-refractivity contribution in [3.63, 3.8) is 0 Å². The van der Waals surface area contributed by atoms with Crippen molar-refractivity contribution < 1.29 is 14.6 Å². The molecule has 0 amide bonds. The highest BCUT2D eigenvalue weighted by atomic mass is 32.2. The Bertz CT molecular complexity index is 336. The maximum absolute atomic E-state index is 11.2. The molecule has 0 aliphatic carbocycles. The first-order valence-corrected chi connectivity index (χ1v) is 5.48. The lowest BCUT2D eigenvalue weighted by Crippen LogP contribution is -2.02. The Morgan fingerprint density at radius 1 is 1.57 bits per heavy atom. The van der Waals surface area contributed by atoms with E-state index in [4.69, 9.17) is 0 Å². The second kappa shape index (κ2) is 4.91. The molecular weight excluding hydrogens is 200 g/mol. The van der Waals surface area contributed by atoms with Crippen LogP contribution in [0.15, 0.2) is 18.2 Å². The lowest BCUT2D eigenvalue weighted by Gasteiger charge is -2.06. The maximum Gasteiger partial charge on any atom is 0.341 e. The summed E-state index contributed by atoms with van der Waals surface area (Å²) in [5.41, 5.74) is 0.972. The third kappa shape index (κ3) is 2.20. The van der Waals surface area contributed by atoms with Gasteiger partial charge in [-0.3, -0.25) is 0 Å². The number of methoxy groups -OCH3 is 1. The number of carbonyl (C=O) groups excluding carboxylic acids is 1. The van der Waals surface area contributed by atoms with Crippen molar-refractivity contribution in [2.45, 2.75) is 5.75 Å². The number of hydrogen-bond acceptors (Lipinski definition) is 4. The predicted octanol–water partition coefficient (Wildman–Crippen LogP) is 2.04. The number of thioether (sulfide) groups is 1. The number of phenols is 1. The third-order valence-corrected chi connectivity index (χ3v) is 2.42. The lowest BCUT2D eigenvalue weighted by atomic mass is 10.1. The fourth-order valence-corrected chi connectivity index (χ4v) is 1.68. The number of carbonyl (C=O) groups is 1. The van der Waals surface area contributed by atoms with E-state index in [1.807, 2.05) is 6.26 Å². The van der Waals surface area contributed by atoms with Gasteiger partial charge in [0.2, 0.25) is 0 Å². The minimum atomic E-state index is -0.509. The fraction of sp³-hybridized carbons (Fsp3) is 0.300. The molecule has 0 aromatic heterocycles. The van der Waals surface area contributed by atoms with Gasteiger partial charge in [-0.05, 0) is 12.3 Å². The predicted molar refractivity (Wildman–Crippen MR) is 56.7 cm³/mol. The number of ether oxygens (including phenoxy) is 1. The van der Waals surface area contributed by atoms with Gasteiger partial charge in [0.25, 0.3) is 0 Å². The molecule has 0 saturated carbocycles. The van der Waals surface area contributed by atoms with E-state index in [0.29, 0.717) is 5.75 Å². The highest BCUT2D eigenvalue weighted by molar-refractivity contribution is 7.97. The topological polar surface area (TPSA) is 46.5 Å². The van der Waals surface area contributed by atoms with Crippen molar-refractivity contribution in [2.24, 2.45) is 0 Å². The molecule has 1 aromatic carbocycles. The van der Waals surface area contributed by atoms with Crippen molar-refractivity contribution >= 4 is 17.7 Å². The molecule has 1 N–H and O–H groups in total. The molecule has 0 radical (unpaired) electrons. The molecule has 0 heterocycles. The van der Waals surface area contributed by atoms with Gasteiger partial charge >= 0.3 is 5.97 Å². The van der Waals surface area contributed by atoms with Crippen molar-refractivity contribution in [3.8, 4) is 5.75 Å². The molecule has 3 nitrogen and oxygen atoms in total. The van der Waals surface area contributed by atoms with E-state index in [1.165, 1.54) is 7.11 Å². The summed E-state index contributed by atoms with van der Waals surface area (Å²) in [5, 5.41) is 9.71. The van der Waals surface area contributed by atoms with Gasteiger partial charge in [-0.25, -0.2) is 4.79 Å². The van der Waals surface area contributed by atoms with E-state index >= 15 is 0 Å². The second-order valence-electron chi connectivity index (χ2n) is 2.74. The van der Waals surface area contributed by atoms with Crippen LogP contribution in [0, 0.1) is 0 Å². The zero-order valence-corrected chi connectivity index (χ0v) is 8.93. The normalized spacial score (nSPS) is 9.86. The second-order valence-corrected chi connectivity index (χ2v) is 3.60. The Hall–Kier alpha value is -1.16. The van der Waals surface area contributed by atoms with Gasteiger partial charge in [0.1, 0.15) is 11.3 Å². The summed E-state index contributed by atoms with van der Waals surface area (Å²) >= 11 is 1.58. The molecular formula is C10H12O3S. The first-order chi connectivity index (χ1) is 6.70. The number of esters is 1. The summed E-state index contributed by atoms with van der Waals surface area (Å²) in [6.07, 6.45) is 1.93. The summed E-state index contributed by atoms with van der Waals surface area (Å²) in [5.74, 6) is 0.190. The maximum atomic E-state index is 11.2. The summed E-state index contributed by atoms with van der Waals surface area (Å²) in [6, 6.07) is 5.07. The van der Waals surface area contributed by atoms with Crippen LogP contribution in [0.4, 0.5) is 0 Å². The fourth-order valence-electron chi connectivity index (χ4n) is 1.14. The van der Waals surface area contributed by atoms with Crippen LogP contribution >= 0.6 is 11.8 Å². The molecule has 0 fully saturated rings. The van der Waals surface area contributed by atoms with Gasteiger partial charge in [0, 0.05) is 11.3 Å². The van der Waals surface area contributed by atoms with Crippen molar-refractivity contribution in [3.05, 3.63) is 29.3 Å². The van der Waals surface area contributed by atoms with Crippen LogP contribution in [0.5, 0.6) is 5.75 Å². The Balaban J connectivity index is 3.07. The smallest absolute Gasteiger partial charge is 0.341 e. The molecule has 4 heteroatoms. The van der Waals surface area contributed by atoms with Crippen molar-refractivity contribution in [2.75, 3.05) is 13.4 Å². The molecule has 0 aliphatic rings. The monoisotopic (exact) mass is 212 g/mol. The number of benzene rings is 1. The Morgan fingerprint density at radius 3 is 2.86 bits per heavy atom. The largest absolute Gasteiger partial charge is 0.507 e. The summed E-state index contributed by atoms with van der Waals surface area (Å²) in [6.45, 7) is 0. The van der Waals surface area contributed by atoms with Crippen molar-refractivity contribution in [1.82, 2.24) is 0 Å². The van der Waals surface area contributed by atoms with Crippen LogP contribution in [0.3, 0.4) is 0 Å². The van der Waals surface area contributed by atoms with Gasteiger partial charge in [-0.15, -0.1) is 0 Å². The molecule has 0 aliphatic heterocycles. The van der Waals surface area contributed by atoms with Crippen LogP contribution < -0.4 is 0 Å². The number of para-hydroxylation sites is 1. The quantitative estimate of drug-likeness (QED) is 0.779. The Morgan fingerprint density at radius 2 is 2.29 bits per heavy atom. The van der Waals surface area contributed by atoms with Gasteiger partial charge in [0.15, 0.2) is 0 Å². The molecule has 1 rings (SSSR count). The van der Waals surface area contributed by atoms with Crippen molar-refractivity contribution in [1.29, 1.82) is 0 Å². The molecule has 0 atom stereocenters. The van der Waals surface area contributed by atoms with Gasteiger partial charge < -0.3 is 9.84 Å². The first kappa shape index (κ1) is 10.9. The third-order valence-electron chi connectivity index (χ3n) is 1.82. The van der Waals surface area contributed by atoms with Crippen LogP contribution in [0.2, 0.25) is 0 Å². The van der Waals surface area contributed by atoms with E-state index in [1.54, 1.807) is 30.0 Å². The standard InChI is InChI=1S/C10H12O3S/c1-13-10(12)8-5-3-4-7(6-14-2)9(8)11/h3-5,11H,6H2,1-2H3. The van der Waals surface area contributed by atoms with Gasteiger partial charge in [-0.1, -0.05) is 12.1 Å². The van der Waals surface area contributed by atoms with E-state index in [0.717, 1.165) is 5.56 Å². The Kier molecular flexibility index (Phi) is 3.83. The first-order valence-electron chi connectivity index (χ1n) is 4.08. The highest BCUT2D eigenvalue weighted by Crippen LogP contribution is 2.25. The zero-order chi connectivity index (χ0) is 10.6. The summed E-state index contributed by atoms with van der Waals surface area (Å²) in [4.78, 5) is 11.2. The minimum Gasteiger partial charge on any atom is -0.507 e. The molecule has 76 valence electrons. The summed E-state index contributed by atoms with van der Waals surface area (Å²) in [7, 11) is 1.29. The Labute approximate surface area is 87.1 Å². The number of aromatic hydroxyl groups is 1. The molecule has 0 bridgehead atoms. The average Bonchev–Trinajstić information content (AvgIpc) is 2.20. The molecule has 0 saturated heterocycles. The highest BCUT2D eigenvalue weighted by Gasteiger charge is 2.13. The number of phenolic OH excluding ortho intramolecular Hbond substituents is 1. The van der Waals surface area contributed by atoms with Gasteiger partial charge in [0.05, 0.1) is 7.11 Å². The number of rotatable bonds is 3.